The van der Waals surface area contributed by atoms with Gasteiger partial charge in [-0.1, -0.05) is 37.6 Å². The number of rotatable bonds is 7. The van der Waals surface area contributed by atoms with E-state index < -0.39 is 5.97 Å². The molecule has 0 N–H and O–H groups in total. The smallest absolute Gasteiger partial charge is 0.344 e. The van der Waals surface area contributed by atoms with Crippen LogP contribution in [-0.4, -0.2) is 19.2 Å². The van der Waals surface area contributed by atoms with Crippen LogP contribution < -0.4 is 14.9 Å². The van der Waals surface area contributed by atoms with Crippen LogP contribution in [0.4, 0.5) is 0 Å². The fourth-order valence-electron chi connectivity index (χ4n) is 2.34. The number of para-hydroxylation sites is 1. The highest BCUT2D eigenvalue weighted by atomic mass is 35.5. The van der Waals surface area contributed by atoms with E-state index >= 15 is 0 Å². The minimum atomic E-state index is -0.460. The van der Waals surface area contributed by atoms with Crippen molar-refractivity contribution >= 4 is 28.5 Å². The zero-order valence-electron chi connectivity index (χ0n) is 15.4. The van der Waals surface area contributed by atoms with Gasteiger partial charge in [-0.3, -0.25) is 4.79 Å². The molecule has 0 aliphatic heterocycles. The highest BCUT2D eigenvalue weighted by molar-refractivity contribution is 6.32. The fraction of sp³-hybridized carbons (Fsp3) is 0.238. The third kappa shape index (κ3) is 4.84. The first kappa shape index (κ1) is 19.8. The minimum Gasteiger partial charge on any atom is -0.482 e. The van der Waals surface area contributed by atoms with Crippen LogP contribution in [0.25, 0.3) is 11.0 Å². The molecular formula is C21H19ClO6. The zero-order valence-corrected chi connectivity index (χ0v) is 16.2. The first-order chi connectivity index (χ1) is 13.4. The Morgan fingerprint density at radius 2 is 1.93 bits per heavy atom. The van der Waals surface area contributed by atoms with Gasteiger partial charge < -0.3 is 18.6 Å². The Morgan fingerprint density at radius 1 is 1.14 bits per heavy atom. The van der Waals surface area contributed by atoms with E-state index in [1.54, 1.807) is 36.4 Å². The molecule has 146 valence electrons. The molecule has 0 fully saturated rings. The summed E-state index contributed by atoms with van der Waals surface area (Å²) >= 11 is 6.05. The van der Waals surface area contributed by atoms with E-state index in [0.29, 0.717) is 34.1 Å². The lowest BCUT2D eigenvalue weighted by atomic mass is 10.2. The normalized spacial score (nSPS) is 10.9. The van der Waals surface area contributed by atoms with Crippen molar-refractivity contribution < 1.29 is 23.4 Å². The van der Waals surface area contributed by atoms with Crippen molar-refractivity contribution in [2.24, 2.45) is 5.92 Å². The van der Waals surface area contributed by atoms with Gasteiger partial charge in [-0.25, -0.2) is 4.79 Å². The van der Waals surface area contributed by atoms with Gasteiger partial charge in [-0.2, -0.15) is 0 Å². The van der Waals surface area contributed by atoms with Crippen molar-refractivity contribution in [3.8, 4) is 17.2 Å². The number of carbonyl (C=O) groups excluding carboxylic acids is 1. The molecule has 6 nitrogen and oxygen atoms in total. The number of hydrogen-bond acceptors (Lipinski definition) is 6. The lowest BCUT2D eigenvalue weighted by Gasteiger charge is -2.09. The van der Waals surface area contributed by atoms with E-state index in [2.05, 4.69) is 0 Å². The number of halogens is 1. The van der Waals surface area contributed by atoms with Crippen LogP contribution >= 0.6 is 11.6 Å². The molecule has 0 bridgehead atoms. The maximum Gasteiger partial charge on any atom is 0.344 e. The van der Waals surface area contributed by atoms with Crippen LogP contribution in [0.5, 0.6) is 17.2 Å². The number of esters is 1. The molecule has 7 heteroatoms. The molecule has 1 aromatic heterocycles. The van der Waals surface area contributed by atoms with Crippen molar-refractivity contribution in [1.82, 2.24) is 0 Å². The van der Waals surface area contributed by atoms with E-state index in [1.807, 2.05) is 13.8 Å². The highest BCUT2D eigenvalue weighted by Crippen LogP contribution is 2.28. The van der Waals surface area contributed by atoms with Gasteiger partial charge in [-0.15, -0.1) is 0 Å². The standard InChI is InChI=1S/C21H19ClO6/c1-13(2)10-27-20(23)12-25-14-7-8-15-18(9-14)26-11-19(21(15)24)28-17-6-4-3-5-16(17)22/h3-9,11,13H,10,12H2,1-2H3. The molecule has 0 aliphatic rings. The van der Waals surface area contributed by atoms with E-state index in [-0.39, 0.29) is 23.7 Å². The Kier molecular flexibility index (Phi) is 6.21. The SMILES string of the molecule is CC(C)COC(=O)COc1ccc2c(=O)c(Oc3ccccc3Cl)coc2c1. The zero-order chi connectivity index (χ0) is 20.1. The van der Waals surface area contributed by atoms with Crippen LogP contribution in [0, 0.1) is 5.92 Å². The predicted octanol–water partition coefficient (Wildman–Crippen LogP) is 4.82. The Bertz CT molecular complexity index is 1040. The summed E-state index contributed by atoms with van der Waals surface area (Å²) in [6, 6.07) is 11.5. The molecule has 1 heterocycles. The summed E-state index contributed by atoms with van der Waals surface area (Å²) in [7, 11) is 0. The third-order valence-corrected chi connectivity index (χ3v) is 4.02. The average Bonchev–Trinajstić information content (AvgIpc) is 2.68. The van der Waals surface area contributed by atoms with E-state index in [1.165, 1.54) is 12.3 Å². The molecule has 0 atom stereocenters. The van der Waals surface area contributed by atoms with Gasteiger partial charge in [0.15, 0.2) is 6.61 Å². The van der Waals surface area contributed by atoms with Crippen molar-refractivity contribution in [2.75, 3.05) is 13.2 Å². The minimum absolute atomic E-state index is 0.0199. The molecule has 3 rings (SSSR count). The quantitative estimate of drug-likeness (QED) is 0.527. The van der Waals surface area contributed by atoms with Gasteiger partial charge in [0.25, 0.3) is 0 Å². The first-order valence-corrected chi connectivity index (χ1v) is 9.08. The second-order valence-corrected chi connectivity index (χ2v) is 6.89. The van der Waals surface area contributed by atoms with Gasteiger partial charge >= 0.3 is 5.97 Å². The van der Waals surface area contributed by atoms with Crippen LogP contribution in [-0.2, 0) is 9.53 Å². The summed E-state index contributed by atoms with van der Waals surface area (Å²) in [5.41, 5.74) is -0.0337. The highest BCUT2D eigenvalue weighted by Gasteiger charge is 2.12. The second-order valence-electron chi connectivity index (χ2n) is 6.49. The first-order valence-electron chi connectivity index (χ1n) is 8.70. The number of benzene rings is 2. The Labute approximate surface area is 166 Å². The lowest BCUT2D eigenvalue weighted by molar-refractivity contribution is -0.147. The van der Waals surface area contributed by atoms with Crippen molar-refractivity contribution in [3.05, 3.63) is 64.0 Å². The molecule has 2 aromatic carbocycles. The second kappa shape index (κ2) is 8.80. The molecule has 3 aromatic rings. The average molecular weight is 403 g/mol. The maximum absolute atomic E-state index is 12.6. The maximum atomic E-state index is 12.6. The van der Waals surface area contributed by atoms with Gasteiger partial charge in [0, 0.05) is 6.07 Å². The summed E-state index contributed by atoms with van der Waals surface area (Å²) in [5.74, 6) is 0.555. The predicted molar refractivity (Wildman–Crippen MR) is 105 cm³/mol. The van der Waals surface area contributed by atoms with Crippen LogP contribution in [0.2, 0.25) is 5.02 Å². The van der Waals surface area contributed by atoms with Crippen molar-refractivity contribution in [1.29, 1.82) is 0 Å². The van der Waals surface area contributed by atoms with Gasteiger partial charge in [0.2, 0.25) is 11.2 Å². The molecule has 0 saturated carbocycles. The van der Waals surface area contributed by atoms with Crippen molar-refractivity contribution in [2.45, 2.75) is 13.8 Å². The van der Waals surface area contributed by atoms with Gasteiger partial charge in [0.1, 0.15) is 23.3 Å². The van der Waals surface area contributed by atoms with E-state index in [4.69, 9.17) is 30.2 Å². The molecule has 0 saturated heterocycles. The van der Waals surface area contributed by atoms with Gasteiger partial charge in [0.05, 0.1) is 17.0 Å². The number of fused-ring (bicyclic) bond motifs is 1. The van der Waals surface area contributed by atoms with Gasteiger partial charge in [-0.05, 0) is 30.2 Å². The Hall–Kier alpha value is -2.99. The number of hydrogen-bond donors (Lipinski definition) is 0. The topological polar surface area (TPSA) is 75.0 Å². The molecule has 0 spiro atoms. The summed E-state index contributed by atoms with van der Waals surface area (Å²) in [5, 5.41) is 0.703. The van der Waals surface area contributed by atoms with E-state index in [9.17, 15) is 9.59 Å². The molecule has 28 heavy (non-hydrogen) atoms. The molecule has 0 unspecified atom stereocenters. The van der Waals surface area contributed by atoms with E-state index in [0.717, 1.165) is 0 Å². The number of carbonyl (C=O) groups is 1. The monoisotopic (exact) mass is 402 g/mol. The number of ether oxygens (including phenoxy) is 3. The Morgan fingerprint density at radius 3 is 2.68 bits per heavy atom. The van der Waals surface area contributed by atoms with Crippen LogP contribution in [0.15, 0.2) is 57.9 Å². The van der Waals surface area contributed by atoms with Crippen LogP contribution in [0.1, 0.15) is 13.8 Å². The molecule has 0 aliphatic carbocycles. The van der Waals surface area contributed by atoms with Crippen LogP contribution in [0.3, 0.4) is 0 Å². The molecule has 0 radical (unpaired) electrons. The van der Waals surface area contributed by atoms with Crippen molar-refractivity contribution in [3.63, 3.8) is 0 Å². The summed E-state index contributed by atoms with van der Waals surface area (Å²) in [6.45, 7) is 4.01. The third-order valence-electron chi connectivity index (χ3n) is 3.71. The summed E-state index contributed by atoms with van der Waals surface area (Å²) in [6.07, 6.45) is 1.22. The molecular weight excluding hydrogens is 384 g/mol. The molecule has 0 amide bonds. The lowest BCUT2D eigenvalue weighted by Crippen LogP contribution is -2.17. The summed E-state index contributed by atoms with van der Waals surface area (Å²) in [4.78, 5) is 24.3. The Balaban J connectivity index is 1.74. The largest absolute Gasteiger partial charge is 0.482 e. The summed E-state index contributed by atoms with van der Waals surface area (Å²) < 4.78 is 21.5. The fourth-order valence-corrected chi connectivity index (χ4v) is 2.52.